The van der Waals surface area contributed by atoms with E-state index in [1.54, 1.807) is 0 Å². The van der Waals surface area contributed by atoms with Gasteiger partial charge in [0, 0.05) is 18.2 Å². The van der Waals surface area contributed by atoms with Gasteiger partial charge in [0.1, 0.15) is 29.5 Å². The van der Waals surface area contributed by atoms with Crippen molar-refractivity contribution in [2.45, 2.75) is 23.3 Å². The van der Waals surface area contributed by atoms with Crippen LogP contribution >= 0.6 is 23.4 Å². The van der Waals surface area contributed by atoms with Crippen LogP contribution in [-0.2, 0) is 28.9 Å². The largest absolute Gasteiger partial charge is 0.508 e. The van der Waals surface area contributed by atoms with Gasteiger partial charge in [-0.3, -0.25) is 19.3 Å². The molecule has 1 fully saturated rings. The predicted octanol–water partition coefficient (Wildman–Crippen LogP) is 0.0442. The Bertz CT molecular complexity index is 948. The van der Waals surface area contributed by atoms with Crippen LogP contribution in [0.1, 0.15) is 12.5 Å². The fourth-order valence-electron chi connectivity index (χ4n) is 3.06. The lowest BCUT2D eigenvalue weighted by Gasteiger charge is -2.49. The lowest BCUT2D eigenvalue weighted by Crippen LogP contribution is -2.72. The molecule has 0 saturated carbocycles. The van der Waals surface area contributed by atoms with Crippen LogP contribution in [0, 0.1) is 0 Å². The number of carboxylic acid groups (broad SMARTS) is 1. The van der Waals surface area contributed by atoms with Gasteiger partial charge in [0.25, 0.3) is 11.8 Å². The van der Waals surface area contributed by atoms with E-state index in [0.717, 1.165) is 4.90 Å². The number of hydrogen-bond donors (Lipinski definition) is 4. The highest BCUT2D eigenvalue weighted by molar-refractivity contribution is 8.00. The number of carboxylic acids is 1. The normalized spacial score (nSPS) is 22.5. The molecule has 3 rings (SSSR count). The van der Waals surface area contributed by atoms with E-state index in [1.165, 1.54) is 43.0 Å². The maximum atomic E-state index is 12.6. The average Bonchev–Trinajstić information content (AvgIpc) is 2.69. The maximum Gasteiger partial charge on any atom is 0.352 e. The van der Waals surface area contributed by atoms with Gasteiger partial charge in [-0.05, 0) is 17.7 Å². The highest BCUT2D eigenvalue weighted by Crippen LogP contribution is 2.40. The highest BCUT2D eigenvalue weighted by atomic mass is 35.5. The van der Waals surface area contributed by atoms with Crippen molar-refractivity contribution in [3.8, 4) is 5.75 Å². The van der Waals surface area contributed by atoms with E-state index < -0.39 is 40.2 Å². The minimum absolute atomic E-state index is 0.0346. The summed E-state index contributed by atoms with van der Waals surface area (Å²) in [5, 5.41) is 20.7. The van der Waals surface area contributed by atoms with Crippen molar-refractivity contribution in [3.63, 3.8) is 0 Å². The number of nitrogens with two attached hydrogens (primary N) is 1. The number of halogens is 1. The summed E-state index contributed by atoms with van der Waals surface area (Å²) in [5.74, 6) is -3.24. The van der Waals surface area contributed by atoms with Gasteiger partial charge in [0.2, 0.25) is 0 Å². The zero-order valence-corrected chi connectivity index (χ0v) is 17.2. The van der Waals surface area contributed by atoms with Crippen LogP contribution in [0.3, 0.4) is 0 Å². The summed E-state index contributed by atoms with van der Waals surface area (Å²) in [6, 6.07) is 4.35. The molecular weight excluding hydrogens is 438 g/mol. The zero-order chi connectivity index (χ0) is 22.2. The van der Waals surface area contributed by atoms with Crippen molar-refractivity contribution in [1.29, 1.82) is 0 Å². The molecule has 3 atom stereocenters. The van der Waals surface area contributed by atoms with Crippen LogP contribution in [0.25, 0.3) is 0 Å². The van der Waals surface area contributed by atoms with E-state index in [2.05, 4.69) is 5.32 Å². The SMILES string of the molecule is CC(=O)OCC1=C(C(=O)O)N2C(=O)[C@@H](NC(=O)C(N)(Cl)c3ccc(O)cc3)[C@H]2SC1. The number of fused-ring (bicyclic) bond motifs is 1. The van der Waals surface area contributed by atoms with Gasteiger partial charge < -0.3 is 26.0 Å². The van der Waals surface area contributed by atoms with E-state index in [1.807, 2.05) is 0 Å². The molecule has 2 amide bonds. The van der Waals surface area contributed by atoms with Crippen LogP contribution in [-0.4, -0.2) is 62.6 Å². The molecule has 5 N–H and O–H groups in total. The molecule has 2 aliphatic heterocycles. The molecule has 2 heterocycles. The molecule has 2 aliphatic rings. The Morgan fingerprint density at radius 1 is 1.37 bits per heavy atom. The average molecular weight is 456 g/mol. The number of carbonyl (C=O) groups excluding carboxylic acids is 3. The standard InChI is InChI=1S/C18H18ClN3O7S/c1-8(23)29-6-9-7-30-15-12(14(25)22(15)13(9)16(26)27)21-17(28)18(19,20)10-2-4-11(24)5-3-10/h2-5,12,15,24H,6-7,20H2,1H3,(H,21,28)(H,26,27)/t12-,15-,18?/m1/s1. The minimum Gasteiger partial charge on any atom is -0.508 e. The summed E-state index contributed by atoms with van der Waals surface area (Å²) in [6.45, 7) is 0.950. The Hall–Kier alpha value is -2.76. The second kappa shape index (κ2) is 8.17. The van der Waals surface area contributed by atoms with E-state index in [-0.39, 0.29) is 34.9 Å². The van der Waals surface area contributed by atoms with Crippen LogP contribution in [0.5, 0.6) is 5.75 Å². The molecule has 10 nitrogen and oxygen atoms in total. The topological polar surface area (TPSA) is 159 Å². The van der Waals surface area contributed by atoms with E-state index >= 15 is 0 Å². The molecule has 0 aromatic heterocycles. The first kappa shape index (κ1) is 21.9. The molecule has 0 bridgehead atoms. The van der Waals surface area contributed by atoms with Crippen molar-refractivity contribution < 1.29 is 34.1 Å². The number of rotatable bonds is 6. The van der Waals surface area contributed by atoms with Gasteiger partial charge in [-0.25, -0.2) is 4.79 Å². The second-order valence-electron chi connectivity index (χ2n) is 6.66. The summed E-state index contributed by atoms with van der Waals surface area (Å²) in [7, 11) is 0. The van der Waals surface area contributed by atoms with Gasteiger partial charge in [-0.15, -0.1) is 11.8 Å². The fraction of sp³-hybridized carbons (Fsp3) is 0.333. The molecule has 160 valence electrons. The summed E-state index contributed by atoms with van der Waals surface area (Å²) in [6.07, 6.45) is 0. The molecule has 0 radical (unpaired) electrons. The smallest absolute Gasteiger partial charge is 0.352 e. The van der Waals surface area contributed by atoms with Crippen LogP contribution in [0.15, 0.2) is 35.5 Å². The third kappa shape index (κ3) is 3.95. The van der Waals surface area contributed by atoms with E-state index in [9.17, 15) is 29.4 Å². The fourth-order valence-corrected chi connectivity index (χ4v) is 4.57. The molecule has 0 aliphatic carbocycles. The molecule has 1 unspecified atom stereocenters. The number of nitrogens with one attached hydrogen (secondary N) is 1. The monoisotopic (exact) mass is 455 g/mol. The Labute approximate surface area is 180 Å². The zero-order valence-electron chi connectivity index (χ0n) is 15.6. The van der Waals surface area contributed by atoms with Crippen molar-refractivity contribution in [3.05, 3.63) is 41.1 Å². The molecular formula is C18H18ClN3O7S. The lowest BCUT2D eigenvalue weighted by atomic mass is 10.0. The molecule has 12 heteroatoms. The molecule has 1 aromatic carbocycles. The maximum absolute atomic E-state index is 12.6. The number of esters is 1. The number of alkyl halides is 1. The second-order valence-corrected chi connectivity index (χ2v) is 8.36. The van der Waals surface area contributed by atoms with Crippen molar-refractivity contribution in [2.75, 3.05) is 12.4 Å². The summed E-state index contributed by atoms with van der Waals surface area (Å²) >= 11 is 7.40. The van der Waals surface area contributed by atoms with Gasteiger partial charge in [0.15, 0.2) is 5.00 Å². The Morgan fingerprint density at radius 3 is 2.57 bits per heavy atom. The molecule has 1 aromatic rings. The number of amides is 2. The first-order chi connectivity index (χ1) is 14.0. The number of carbonyl (C=O) groups is 4. The van der Waals surface area contributed by atoms with Crippen molar-refractivity contribution >= 4 is 47.1 Å². The Balaban J connectivity index is 1.76. The predicted molar refractivity (Wildman–Crippen MR) is 106 cm³/mol. The number of thioether (sulfide) groups is 1. The number of aromatic hydroxyl groups is 1. The highest BCUT2D eigenvalue weighted by Gasteiger charge is 2.55. The first-order valence-corrected chi connectivity index (χ1v) is 10.1. The van der Waals surface area contributed by atoms with E-state index in [0.29, 0.717) is 0 Å². The van der Waals surface area contributed by atoms with Crippen LogP contribution in [0.2, 0.25) is 0 Å². The number of nitrogens with zero attached hydrogens (tertiary/aromatic N) is 1. The third-order valence-corrected chi connectivity index (χ3v) is 6.33. The van der Waals surface area contributed by atoms with Gasteiger partial charge in [0.05, 0.1) is 0 Å². The molecule has 0 spiro atoms. The number of aliphatic carboxylic acids is 1. The number of ether oxygens (including phenoxy) is 1. The first-order valence-electron chi connectivity index (χ1n) is 8.65. The number of phenols is 1. The number of benzene rings is 1. The van der Waals surface area contributed by atoms with Gasteiger partial charge in [-0.1, -0.05) is 23.7 Å². The van der Waals surface area contributed by atoms with Crippen LogP contribution < -0.4 is 11.1 Å². The Kier molecular flexibility index (Phi) is 5.97. The quantitative estimate of drug-likeness (QED) is 0.201. The van der Waals surface area contributed by atoms with Crippen LogP contribution in [0.4, 0.5) is 0 Å². The molecule has 30 heavy (non-hydrogen) atoms. The van der Waals surface area contributed by atoms with E-state index in [4.69, 9.17) is 22.1 Å². The molecule has 1 saturated heterocycles. The summed E-state index contributed by atoms with van der Waals surface area (Å²) in [4.78, 5) is 47.0. The minimum atomic E-state index is -2.00. The van der Waals surface area contributed by atoms with Gasteiger partial charge in [-0.2, -0.15) is 0 Å². The number of phenolic OH excluding ortho intramolecular Hbond substituents is 1. The lowest BCUT2D eigenvalue weighted by molar-refractivity contribution is -0.151. The summed E-state index contributed by atoms with van der Waals surface area (Å²) in [5.41, 5.74) is 6.15. The number of β-lactam (4-membered cyclic amide) rings is 1. The number of hydrogen-bond acceptors (Lipinski definition) is 8. The summed E-state index contributed by atoms with van der Waals surface area (Å²) < 4.78 is 4.87. The van der Waals surface area contributed by atoms with Crippen molar-refractivity contribution in [1.82, 2.24) is 10.2 Å². The Morgan fingerprint density at radius 2 is 2.00 bits per heavy atom. The van der Waals surface area contributed by atoms with Gasteiger partial charge >= 0.3 is 11.9 Å². The third-order valence-electron chi connectivity index (χ3n) is 4.60. The van der Waals surface area contributed by atoms with Crippen molar-refractivity contribution in [2.24, 2.45) is 5.73 Å².